The number of hydrogen-bond donors (Lipinski definition) is 2. The van der Waals surface area contributed by atoms with Crippen LogP contribution in [0, 0.1) is 0 Å². The van der Waals surface area contributed by atoms with Gasteiger partial charge in [0.25, 0.3) is 0 Å². The Labute approximate surface area is 106 Å². The summed E-state index contributed by atoms with van der Waals surface area (Å²) in [7, 11) is -3.77. The van der Waals surface area contributed by atoms with Gasteiger partial charge < -0.3 is 10.5 Å². The van der Waals surface area contributed by atoms with E-state index in [-0.39, 0.29) is 13.2 Å². The van der Waals surface area contributed by atoms with Crippen LogP contribution in [0.5, 0.6) is 0 Å². The van der Waals surface area contributed by atoms with Crippen LogP contribution >= 0.6 is 0 Å². The fraction of sp³-hybridized carbons (Fsp3) is 0.364. The quantitative estimate of drug-likeness (QED) is 0.733. The van der Waals surface area contributed by atoms with Crippen molar-refractivity contribution < 1.29 is 17.9 Å². The molecule has 100 valence electrons. The van der Waals surface area contributed by atoms with Gasteiger partial charge in [-0.3, -0.25) is 9.52 Å². The van der Waals surface area contributed by atoms with Crippen molar-refractivity contribution in [1.82, 2.24) is 0 Å². The van der Waals surface area contributed by atoms with Crippen LogP contribution < -0.4 is 10.5 Å². The molecule has 7 heteroatoms. The summed E-state index contributed by atoms with van der Waals surface area (Å²) >= 11 is 0. The lowest BCUT2D eigenvalue weighted by molar-refractivity contribution is -0.139. The Morgan fingerprint density at radius 2 is 2.06 bits per heavy atom. The molecule has 0 saturated carbocycles. The maximum atomic E-state index is 11.7. The zero-order valence-corrected chi connectivity index (χ0v) is 10.9. The van der Waals surface area contributed by atoms with Crippen LogP contribution in [0.15, 0.2) is 24.3 Å². The zero-order chi connectivity index (χ0) is 13.6. The minimum Gasteiger partial charge on any atom is -0.465 e. The third-order valence-electron chi connectivity index (χ3n) is 2.12. The van der Waals surface area contributed by atoms with Gasteiger partial charge in [-0.25, -0.2) is 8.42 Å². The average molecular weight is 272 g/mol. The fourth-order valence-corrected chi connectivity index (χ4v) is 2.36. The van der Waals surface area contributed by atoms with Gasteiger partial charge in [-0.1, -0.05) is 18.2 Å². The molecule has 0 unspecified atom stereocenters. The molecule has 0 atom stereocenters. The Bertz CT molecular complexity index is 514. The minimum absolute atomic E-state index is 0.147. The topological polar surface area (TPSA) is 98.5 Å². The van der Waals surface area contributed by atoms with Gasteiger partial charge in [0.15, 0.2) is 5.75 Å². The average Bonchev–Trinajstić information content (AvgIpc) is 2.28. The molecule has 1 aromatic rings. The lowest BCUT2D eigenvalue weighted by Crippen LogP contribution is -2.25. The molecule has 0 bridgehead atoms. The van der Waals surface area contributed by atoms with E-state index in [4.69, 9.17) is 5.73 Å². The van der Waals surface area contributed by atoms with Crippen LogP contribution in [0.1, 0.15) is 12.5 Å². The molecule has 0 radical (unpaired) electrons. The molecule has 0 spiro atoms. The summed E-state index contributed by atoms with van der Waals surface area (Å²) in [6.45, 7) is 1.97. The predicted molar refractivity (Wildman–Crippen MR) is 68.4 cm³/mol. The molecule has 0 aliphatic heterocycles. The van der Waals surface area contributed by atoms with Crippen LogP contribution in [0.25, 0.3) is 0 Å². The molecular formula is C11H16N2O4S. The van der Waals surface area contributed by atoms with Crippen LogP contribution in [0.4, 0.5) is 5.69 Å². The number of nitrogens with one attached hydrogen (secondary N) is 1. The summed E-state index contributed by atoms with van der Waals surface area (Å²) in [5.41, 5.74) is 6.53. The van der Waals surface area contributed by atoms with Gasteiger partial charge in [0.2, 0.25) is 10.0 Å². The van der Waals surface area contributed by atoms with Gasteiger partial charge in [-0.05, 0) is 18.6 Å². The van der Waals surface area contributed by atoms with Crippen LogP contribution in [-0.2, 0) is 26.1 Å². The number of carbonyl (C=O) groups is 1. The number of esters is 1. The Hall–Kier alpha value is -1.60. The number of hydrogen-bond acceptors (Lipinski definition) is 5. The summed E-state index contributed by atoms with van der Waals surface area (Å²) in [4.78, 5) is 11.1. The van der Waals surface area contributed by atoms with E-state index in [1.165, 1.54) is 0 Å². The van der Waals surface area contributed by atoms with E-state index < -0.39 is 21.7 Å². The fourth-order valence-electron chi connectivity index (χ4n) is 1.36. The Kier molecular flexibility index (Phi) is 5.11. The second kappa shape index (κ2) is 6.36. The summed E-state index contributed by atoms with van der Waals surface area (Å²) in [5.74, 6) is -1.49. The number of para-hydroxylation sites is 1. The third-order valence-corrected chi connectivity index (χ3v) is 3.26. The van der Waals surface area contributed by atoms with Crippen molar-refractivity contribution in [1.29, 1.82) is 0 Å². The van der Waals surface area contributed by atoms with Crippen molar-refractivity contribution in [2.24, 2.45) is 5.73 Å². The molecule has 18 heavy (non-hydrogen) atoms. The van der Waals surface area contributed by atoms with Crippen molar-refractivity contribution in [3.63, 3.8) is 0 Å². The first-order valence-corrected chi connectivity index (χ1v) is 7.08. The van der Waals surface area contributed by atoms with E-state index >= 15 is 0 Å². The normalized spacial score (nSPS) is 11.0. The summed E-state index contributed by atoms with van der Waals surface area (Å²) < 4.78 is 30.3. The maximum absolute atomic E-state index is 11.7. The molecule has 0 fully saturated rings. The number of nitrogens with two attached hydrogens (primary N) is 1. The number of benzene rings is 1. The van der Waals surface area contributed by atoms with E-state index in [2.05, 4.69) is 9.46 Å². The Morgan fingerprint density at radius 1 is 1.39 bits per heavy atom. The number of ether oxygens (including phenoxy) is 1. The predicted octanol–water partition coefficient (Wildman–Crippen LogP) is 0.450. The summed E-state index contributed by atoms with van der Waals surface area (Å²) in [6, 6.07) is 6.74. The Balaban J connectivity index is 2.79. The number of sulfonamides is 1. The highest BCUT2D eigenvalue weighted by Gasteiger charge is 2.18. The first-order valence-electron chi connectivity index (χ1n) is 5.42. The molecule has 0 aromatic heterocycles. The SMILES string of the molecule is CCOC(=O)CS(=O)(=O)Nc1ccccc1CN. The van der Waals surface area contributed by atoms with Gasteiger partial charge in [-0.15, -0.1) is 0 Å². The second-order valence-corrected chi connectivity index (χ2v) is 5.25. The highest BCUT2D eigenvalue weighted by atomic mass is 32.2. The number of carbonyl (C=O) groups excluding carboxylic acids is 1. The summed E-state index contributed by atoms with van der Waals surface area (Å²) in [5, 5.41) is 0. The van der Waals surface area contributed by atoms with E-state index in [1.807, 2.05) is 0 Å². The number of rotatable bonds is 6. The van der Waals surface area contributed by atoms with E-state index in [1.54, 1.807) is 31.2 Å². The molecular weight excluding hydrogens is 256 g/mol. The molecule has 6 nitrogen and oxygen atoms in total. The highest BCUT2D eigenvalue weighted by Crippen LogP contribution is 2.15. The van der Waals surface area contributed by atoms with Crippen molar-refractivity contribution in [2.75, 3.05) is 17.1 Å². The second-order valence-electron chi connectivity index (χ2n) is 3.53. The number of anilines is 1. The molecule has 3 N–H and O–H groups in total. The van der Waals surface area contributed by atoms with E-state index in [9.17, 15) is 13.2 Å². The first-order chi connectivity index (χ1) is 8.48. The largest absolute Gasteiger partial charge is 0.465 e. The van der Waals surface area contributed by atoms with Crippen LogP contribution in [-0.4, -0.2) is 26.7 Å². The summed E-state index contributed by atoms with van der Waals surface area (Å²) in [6.07, 6.45) is 0. The van der Waals surface area contributed by atoms with Crippen molar-refractivity contribution in [3.8, 4) is 0 Å². The van der Waals surface area contributed by atoms with Gasteiger partial charge in [0.05, 0.1) is 12.3 Å². The molecule has 0 aliphatic carbocycles. The molecule has 0 heterocycles. The smallest absolute Gasteiger partial charge is 0.323 e. The van der Waals surface area contributed by atoms with Gasteiger partial charge in [0, 0.05) is 6.54 Å². The van der Waals surface area contributed by atoms with Gasteiger partial charge in [0.1, 0.15) is 0 Å². The van der Waals surface area contributed by atoms with E-state index in [0.717, 1.165) is 0 Å². The Morgan fingerprint density at radius 3 is 2.67 bits per heavy atom. The van der Waals surface area contributed by atoms with Crippen LogP contribution in [0.3, 0.4) is 0 Å². The maximum Gasteiger partial charge on any atom is 0.323 e. The monoisotopic (exact) mass is 272 g/mol. The first kappa shape index (κ1) is 14.5. The van der Waals surface area contributed by atoms with Gasteiger partial charge in [-0.2, -0.15) is 0 Å². The standard InChI is InChI=1S/C11H16N2O4S/c1-2-17-11(14)8-18(15,16)13-10-6-4-3-5-9(10)7-12/h3-6,13H,2,7-8,12H2,1H3. The van der Waals surface area contributed by atoms with Crippen molar-refractivity contribution in [2.45, 2.75) is 13.5 Å². The zero-order valence-electron chi connectivity index (χ0n) is 10.0. The lowest BCUT2D eigenvalue weighted by atomic mass is 10.2. The third kappa shape index (κ3) is 4.34. The molecule has 1 aromatic carbocycles. The van der Waals surface area contributed by atoms with Crippen molar-refractivity contribution >= 4 is 21.7 Å². The molecule has 0 aliphatic rings. The van der Waals surface area contributed by atoms with Crippen LogP contribution in [0.2, 0.25) is 0 Å². The van der Waals surface area contributed by atoms with Crippen molar-refractivity contribution in [3.05, 3.63) is 29.8 Å². The molecule has 0 amide bonds. The van der Waals surface area contributed by atoms with Gasteiger partial charge >= 0.3 is 5.97 Å². The lowest BCUT2D eigenvalue weighted by Gasteiger charge is -2.10. The van der Waals surface area contributed by atoms with E-state index in [0.29, 0.717) is 11.3 Å². The highest BCUT2D eigenvalue weighted by molar-refractivity contribution is 7.93. The molecule has 0 saturated heterocycles. The molecule has 1 rings (SSSR count). The minimum atomic E-state index is -3.77.